The van der Waals surface area contributed by atoms with Crippen molar-refractivity contribution in [2.24, 2.45) is 0 Å². The molecule has 4 rings (SSSR count). The van der Waals surface area contributed by atoms with Crippen LogP contribution in [0.5, 0.6) is 0 Å². The van der Waals surface area contributed by atoms with Crippen LogP contribution >= 0.6 is 0 Å². The molecule has 3 nitrogen and oxygen atoms in total. The van der Waals surface area contributed by atoms with Crippen LogP contribution in [0.25, 0.3) is 0 Å². The first-order valence-corrected chi connectivity index (χ1v) is 20.5. The lowest BCUT2D eigenvalue weighted by molar-refractivity contribution is -0.135. The second-order valence-electron chi connectivity index (χ2n) is 14.8. The molecule has 0 N–H and O–H groups in total. The van der Waals surface area contributed by atoms with Crippen LogP contribution in [0.4, 0.5) is 17.6 Å². The highest BCUT2D eigenvalue weighted by Gasteiger charge is 2.38. The fraction of sp³-hybridized carbons (Fsp3) is 0.479. The zero-order valence-corrected chi connectivity index (χ0v) is 32.4. The van der Waals surface area contributed by atoms with E-state index in [1.54, 1.807) is 6.07 Å². The van der Waals surface area contributed by atoms with Gasteiger partial charge in [-0.1, -0.05) is 187 Å². The maximum Gasteiger partial charge on any atom is 0.389 e. The lowest BCUT2D eigenvalue weighted by Gasteiger charge is -2.37. The Hall–Kier alpha value is -3.99. The van der Waals surface area contributed by atoms with E-state index in [4.69, 9.17) is 9.47 Å². The van der Waals surface area contributed by atoms with Crippen molar-refractivity contribution in [3.05, 3.63) is 143 Å². The van der Waals surface area contributed by atoms with Gasteiger partial charge < -0.3 is 9.47 Å². The van der Waals surface area contributed by atoms with Gasteiger partial charge in [-0.25, -0.2) is 4.39 Å². The monoisotopic (exact) mass is 757 g/mol. The van der Waals surface area contributed by atoms with Crippen molar-refractivity contribution >= 4 is 0 Å². The molecular weight excluding hydrogens is 699 g/mol. The zero-order valence-electron chi connectivity index (χ0n) is 32.4. The first-order valence-electron chi connectivity index (χ1n) is 20.5. The summed E-state index contributed by atoms with van der Waals surface area (Å²) in [7, 11) is 0. The van der Waals surface area contributed by atoms with Crippen molar-refractivity contribution in [2.45, 2.75) is 140 Å². The quantitative estimate of drug-likeness (QED) is 0.0346. The number of halogens is 4. The molecular formula is C48H59F4NO2. The van der Waals surface area contributed by atoms with Gasteiger partial charge in [-0.2, -0.15) is 18.4 Å². The van der Waals surface area contributed by atoms with Gasteiger partial charge in [-0.05, 0) is 53.3 Å². The highest BCUT2D eigenvalue weighted by Crippen LogP contribution is 2.41. The topological polar surface area (TPSA) is 42.2 Å². The van der Waals surface area contributed by atoms with Crippen LogP contribution in [0.3, 0.4) is 0 Å². The molecule has 4 aromatic rings. The third kappa shape index (κ3) is 16.0. The predicted octanol–water partition coefficient (Wildman–Crippen LogP) is 14.2. The standard InChI is InChI=1S/C48H59F4NO2/c49-45-35-40(37-53)34-41(36-45)38-54-46(32-24-13-11-9-7-5-3-1-2-4-6-8-10-12-14-25-33-47(50,51)52)39-55-48(42-26-18-15-19-27-42,43-28-20-16-21-29-43)44-30-22-17-23-31-44/h15-23,26-31,34-36,46H,1-14,24-25,32-33,38-39H2/t46-/m1/s1. The Bertz CT molecular complexity index is 1540. The minimum absolute atomic E-state index is 0.181. The van der Waals surface area contributed by atoms with Crippen LogP contribution < -0.4 is 0 Å². The number of hydrogen-bond donors (Lipinski definition) is 0. The molecule has 0 aliphatic carbocycles. The summed E-state index contributed by atoms with van der Waals surface area (Å²) in [5.74, 6) is -0.448. The summed E-state index contributed by atoms with van der Waals surface area (Å²) in [6, 6.07) is 37.2. The van der Waals surface area contributed by atoms with E-state index in [-0.39, 0.29) is 24.7 Å². The van der Waals surface area contributed by atoms with Gasteiger partial charge in [0, 0.05) is 6.42 Å². The van der Waals surface area contributed by atoms with E-state index in [1.165, 1.54) is 63.5 Å². The lowest BCUT2D eigenvalue weighted by Crippen LogP contribution is -2.36. The first-order chi connectivity index (χ1) is 26.8. The van der Waals surface area contributed by atoms with E-state index in [1.807, 2.05) is 60.7 Å². The number of ether oxygens (including phenoxy) is 2. The van der Waals surface area contributed by atoms with Crippen molar-refractivity contribution in [1.82, 2.24) is 0 Å². The fourth-order valence-corrected chi connectivity index (χ4v) is 7.39. The Morgan fingerprint density at radius 2 is 0.964 bits per heavy atom. The Morgan fingerprint density at radius 3 is 1.38 bits per heavy atom. The number of rotatable bonds is 27. The first kappa shape index (κ1) is 43.7. The normalized spacial score (nSPS) is 12.4. The Morgan fingerprint density at radius 1 is 0.545 bits per heavy atom. The molecule has 0 bridgehead atoms. The second kappa shape index (κ2) is 24.5. The molecule has 1 atom stereocenters. The van der Waals surface area contributed by atoms with Gasteiger partial charge in [-0.15, -0.1) is 0 Å². The van der Waals surface area contributed by atoms with E-state index in [0.29, 0.717) is 18.6 Å². The van der Waals surface area contributed by atoms with Crippen molar-refractivity contribution in [2.75, 3.05) is 6.61 Å². The van der Waals surface area contributed by atoms with E-state index in [2.05, 4.69) is 36.4 Å². The van der Waals surface area contributed by atoms with Gasteiger partial charge in [0.25, 0.3) is 0 Å². The molecule has 7 heteroatoms. The van der Waals surface area contributed by atoms with Gasteiger partial charge in [0.1, 0.15) is 11.4 Å². The van der Waals surface area contributed by atoms with E-state index in [0.717, 1.165) is 61.6 Å². The van der Waals surface area contributed by atoms with Gasteiger partial charge >= 0.3 is 6.18 Å². The van der Waals surface area contributed by atoms with Gasteiger partial charge in [-0.3, -0.25) is 0 Å². The third-order valence-corrected chi connectivity index (χ3v) is 10.3. The van der Waals surface area contributed by atoms with Gasteiger partial charge in [0.05, 0.1) is 31.0 Å². The predicted molar refractivity (Wildman–Crippen MR) is 214 cm³/mol. The average Bonchev–Trinajstić information content (AvgIpc) is 3.20. The minimum atomic E-state index is -4.02. The SMILES string of the molecule is N#Cc1cc(F)cc(CO[C@H](CCCCCCCCCCCCCCCCCCC(F)(F)F)COC(c2ccccc2)(c2ccccc2)c2ccccc2)c1. The van der Waals surface area contributed by atoms with Gasteiger partial charge in [0.15, 0.2) is 0 Å². The number of alkyl halides is 3. The Balaban J connectivity index is 1.25. The maximum absolute atomic E-state index is 14.3. The van der Waals surface area contributed by atoms with Crippen LogP contribution in [0.15, 0.2) is 109 Å². The molecule has 0 aliphatic rings. The second-order valence-corrected chi connectivity index (χ2v) is 14.8. The molecule has 0 saturated heterocycles. The molecule has 296 valence electrons. The van der Waals surface area contributed by atoms with Crippen LogP contribution in [0.2, 0.25) is 0 Å². The number of hydrogen-bond acceptors (Lipinski definition) is 3. The summed E-state index contributed by atoms with van der Waals surface area (Å²) in [4.78, 5) is 0. The van der Waals surface area contributed by atoms with Crippen molar-refractivity contribution < 1.29 is 27.0 Å². The summed E-state index contributed by atoms with van der Waals surface area (Å²) in [6.07, 6.45) is 13.0. The molecule has 0 fully saturated rings. The van der Waals surface area contributed by atoms with E-state index < -0.39 is 24.0 Å². The third-order valence-electron chi connectivity index (χ3n) is 10.3. The summed E-state index contributed by atoms with van der Waals surface area (Å²) >= 11 is 0. The van der Waals surface area contributed by atoms with Crippen molar-refractivity contribution in [3.8, 4) is 6.07 Å². The van der Waals surface area contributed by atoms with Crippen LogP contribution in [-0.2, 0) is 21.7 Å². The largest absolute Gasteiger partial charge is 0.389 e. The summed E-state index contributed by atoms with van der Waals surface area (Å²) < 4.78 is 64.6. The smallest absolute Gasteiger partial charge is 0.371 e. The zero-order chi connectivity index (χ0) is 39.0. The molecule has 0 amide bonds. The molecule has 4 aromatic carbocycles. The highest BCUT2D eigenvalue weighted by molar-refractivity contribution is 5.47. The minimum Gasteiger partial charge on any atom is -0.371 e. The molecule has 0 aromatic heterocycles. The molecule has 0 heterocycles. The lowest BCUT2D eigenvalue weighted by atomic mass is 9.80. The highest BCUT2D eigenvalue weighted by atomic mass is 19.4. The Labute approximate surface area is 327 Å². The number of nitriles is 1. The molecule has 0 spiro atoms. The van der Waals surface area contributed by atoms with Crippen molar-refractivity contribution in [3.63, 3.8) is 0 Å². The molecule has 55 heavy (non-hydrogen) atoms. The van der Waals surface area contributed by atoms with Crippen LogP contribution in [0.1, 0.15) is 143 Å². The Kier molecular flexibility index (Phi) is 19.5. The van der Waals surface area contributed by atoms with Gasteiger partial charge in [0.2, 0.25) is 0 Å². The maximum atomic E-state index is 14.3. The van der Waals surface area contributed by atoms with Crippen LogP contribution in [-0.4, -0.2) is 18.9 Å². The number of unbranched alkanes of at least 4 members (excludes halogenated alkanes) is 15. The summed E-state index contributed by atoms with van der Waals surface area (Å²) in [5, 5.41) is 9.39. The van der Waals surface area contributed by atoms with E-state index >= 15 is 0 Å². The fourth-order valence-electron chi connectivity index (χ4n) is 7.39. The average molecular weight is 758 g/mol. The number of nitrogens with zero attached hydrogens (tertiary/aromatic N) is 1. The summed E-state index contributed by atoms with van der Waals surface area (Å²) in [5.41, 5.74) is 3.08. The van der Waals surface area contributed by atoms with Crippen LogP contribution in [0, 0.1) is 17.1 Å². The molecule has 0 saturated carbocycles. The van der Waals surface area contributed by atoms with E-state index in [9.17, 15) is 22.8 Å². The van der Waals surface area contributed by atoms with Crippen molar-refractivity contribution in [1.29, 1.82) is 5.26 Å². The molecule has 0 unspecified atom stereocenters. The molecule has 0 radical (unpaired) electrons. The summed E-state index contributed by atoms with van der Waals surface area (Å²) in [6.45, 7) is 0.502. The number of benzene rings is 4. The molecule has 0 aliphatic heterocycles.